The Morgan fingerprint density at radius 1 is 1.54 bits per heavy atom. The van der Waals surface area contributed by atoms with Gasteiger partial charge in [-0.25, -0.2) is 0 Å². The van der Waals surface area contributed by atoms with Crippen LogP contribution in [0.3, 0.4) is 0 Å². The zero-order valence-electron chi connectivity index (χ0n) is 8.55. The monoisotopic (exact) mass is 197 g/mol. The highest BCUT2D eigenvalue weighted by molar-refractivity contribution is 7.07. The van der Waals surface area contributed by atoms with Gasteiger partial charge in [0.05, 0.1) is 0 Å². The fourth-order valence-electron chi connectivity index (χ4n) is 1.54. The van der Waals surface area contributed by atoms with Crippen LogP contribution in [-0.2, 0) is 6.42 Å². The van der Waals surface area contributed by atoms with E-state index < -0.39 is 0 Å². The zero-order chi connectivity index (χ0) is 9.52. The lowest BCUT2D eigenvalue weighted by Crippen LogP contribution is -2.16. The number of rotatable bonds is 6. The second-order valence-corrected chi connectivity index (χ2v) is 4.47. The van der Waals surface area contributed by atoms with E-state index >= 15 is 0 Å². The van der Waals surface area contributed by atoms with Crippen molar-refractivity contribution in [3.05, 3.63) is 22.4 Å². The Balaban J connectivity index is 2.07. The molecule has 74 valence electrons. The topological polar surface area (TPSA) is 12.0 Å². The molecule has 1 aromatic heterocycles. The summed E-state index contributed by atoms with van der Waals surface area (Å²) in [4.78, 5) is 0. The minimum absolute atomic E-state index is 0.809. The predicted molar refractivity (Wildman–Crippen MR) is 60.3 cm³/mol. The SMILES string of the molecule is CNCC(C)CCCc1ccsc1. The number of hydrogen-bond acceptors (Lipinski definition) is 2. The number of aryl methyl sites for hydroxylation is 1. The van der Waals surface area contributed by atoms with Crippen molar-refractivity contribution in [2.45, 2.75) is 26.2 Å². The first kappa shape index (κ1) is 10.7. The summed E-state index contributed by atoms with van der Waals surface area (Å²) in [5, 5.41) is 7.62. The Hall–Kier alpha value is -0.340. The highest BCUT2D eigenvalue weighted by atomic mass is 32.1. The van der Waals surface area contributed by atoms with Gasteiger partial charge in [-0.15, -0.1) is 0 Å². The summed E-state index contributed by atoms with van der Waals surface area (Å²) < 4.78 is 0. The summed E-state index contributed by atoms with van der Waals surface area (Å²) in [6.45, 7) is 3.45. The summed E-state index contributed by atoms with van der Waals surface area (Å²) in [6.07, 6.45) is 3.90. The Kier molecular flexibility index (Phi) is 5.09. The van der Waals surface area contributed by atoms with Crippen molar-refractivity contribution in [2.24, 2.45) is 5.92 Å². The van der Waals surface area contributed by atoms with Crippen LogP contribution >= 0.6 is 11.3 Å². The van der Waals surface area contributed by atoms with Crippen LogP contribution in [0.4, 0.5) is 0 Å². The van der Waals surface area contributed by atoms with E-state index in [0.29, 0.717) is 0 Å². The third-order valence-electron chi connectivity index (χ3n) is 2.30. The largest absolute Gasteiger partial charge is 0.319 e. The molecule has 13 heavy (non-hydrogen) atoms. The molecule has 0 spiro atoms. The second-order valence-electron chi connectivity index (χ2n) is 3.69. The van der Waals surface area contributed by atoms with Gasteiger partial charge < -0.3 is 5.32 Å². The molecule has 0 aliphatic rings. The third kappa shape index (κ3) is 4.44. The maximum atomic E-state index is 3.21. The van der Waals surface area contributed by atoms with E-state index in [4.69, 9.17) is 0 Å². The fourth-order valence-corrected chi connectivity index (χ4v) is 2.24. The molecule has 0 aliphatic heterocycles. The number of thiophene rings is 1. The quantitative estimate of drug-likeness (QED) is 0.739. The Bertz CT molecular complexity index is 206. The van der Waals surface area contributed by atoms with Crippen molar-refractivity contribution in [1.29, 1.82) is 0 Å². The van der Waals surface area contributed by atoms with Gasteiger partial charge in [0.15, 0.2) is 0 Å². The van der Waals surface area contributed by atoms with Crippen LogP contribution in [0.2, 0.25) is 0 Å². The van der Waals surface area contributed by atoms with Crippen LogP contribution in [0, 0.1) is 5.92 Å². The Morgan fingerprint density at radius 3 is 3.00 bits per heavy atom. The average molecular weight is 197 g/mol. The van der Waals surface area contributed by atoms with Crippen molar-refractivity contribution < 1.29 is 0 Å². The van der Waals surface area contributed by atoms with E-state index in [0.717, 1.165) is 12.5 Å². The third-order valence-corrected chi connectivity index (χ3v) is 3.03. The van der Waals surface area contributed by atoms with Gasteiger partial charge in [-0.3, -0.25) is 0 Å². The van der Waals surface area contributed by atoms with Gasteiger partial charge in [-0.2, -0.15) is 11.3 Å². The van der Waals surface area contributed by atoms with Gasteiger partial charge in [-0.05, 0) is 61.2 Å². The van der Waals surface area contributed by atoms with Crippen molar-refractivity contribution in [2.75, 3.05) is 13.6 Å². The molecular weight excluding hydrogens is 178 g/mol. The van der Waals surface area contributed by atoms with E-state index in [2.05, 4.69) is 29.1 Å². The summed E-state index contributed by atoms with van der Waals surface area (Å²) in [6, 6.07) is 2.23. The molecular formula is C11H19NS. The van der Waals surface area contributed by atoms with E-state index in [9.17, 15) is 0 Å². The highest BCUT2D eigenvalue weighted by Crippen LogP contribution is 2.12. The second kappa shape index (κ2) is 6.17. The van der Waals surface area contributed by atoms with Crippen LogP contribution in [0.1, 0.15) is 25.3 Å². The van der Waals surface area contributed by atoms with Gasteiger partial charge in [0, 0.05) is 0 Å². The van der Waals surface area contributed by atoms with Gasteiger partial charge in [0.2, 0.25) is 0 Å². The summed E-state index contributed by atoms with van der Waals surface area (Å²) in [7, 11) is 2.02. The van der Waals surface area contributed by atoms with Gasteiger partial charge in [0.1, 0.15) is 0 Å². The summed E-state index contributed by atoms with van der Waals surface area (Å²) >= 11 is 1.80. The summed E-state index contributed by atoms with van der Waals surface area (Å²) in [5.74, 6) is 0.809. The molecule has 1 aromatic rings. The molecule has 1 atom stereocenters. The molecule has 2 heteroatoms. The van der Waals surface area contributed by atoms with Gasteiger partial charge in [-0.1, -0.05) is 6.92 Å². The lowest BCUT2D eigenvalue weighted by Gasteiger charge is -2.09. The van der Waals surface area contributed by atoms with Crippen molar-refractivity contribution in [3.63, 3.8) is 0 Å². The molecule has 1 unspecified atom stereocenters. The lowest BCUT2D eigenvalue weighted by molar-refractivity contribution is 0.487. The minimum Gasteiger partial charge on any atom is -0.319 e. The van der Waals surface area contributed by atoms with Crippen LogP contribution in [0.25, 0.3) is 0 Å². The molecule has 1 N–H and O–H groups in total. The number of hydrogen-bond donors (Lipinski definition) is 1. The molecule has 0 fully saturated rings. The highest BCUT2D eigenvalue weighted by Gasteiger charge is 2.00. The van der Waals surface area contributed by atoms with Crippen LogP contribution in [-0.4, -0.2) is 13.6 Å². The maximum Gasteiger partial charge on any atom is -0.00262 e. The number of nitrogens with one attached hydrogen (secondary N) is 1. The summed E-state index contributed by atoms with van der Waals surface area (Å²) in [5.41, 5.74) is 1.50. The minimum atomic E-state index is 0.809. The first-order chi connectivity index (χ1) is 6.33. The smallest absolute Gasteiger partial charge is 0.00262 e. The van der Waals surface area contributed by atoms with Crippen molar-refractivity contribution >= 4 is 11.3 Å². The molecule has 0 bridgehead atoms. The molecule has 0 saturated carbocycles. The molecule has 1 nitrogen and oxygen atoms in total. The normalized spacial score (nSPS) is 13.1. The Morgan fingerprint density at radius 2 is 2.38 bits per heavy atom. The maximum absolute atomic E-state index is 3.21. The van der Waals surface area contributed by atoms with E-state index in [1.54, 1.807) is 11.3 Å². The van der Waals surface area contributed by atoms with Crippen molar-refractivity contribution in [1.82, 2.24) is 5.32 Å². The van der Waals surface area contributed by atoms with Crippen LogP contribution in [0.15, 0.2) is 16.8 Å². The van der Waals surface area contributed by atoms with Crippen LogP contribution < -0.4 is 5.32 Å². The zero-order valence-corrected chi connectivity index (χ0v) is 9.36. The molecule has 1 heterocycles. The first-order valence-electron chi connectivity index (χ1n) is 4.98. The lowest BCUT2D eigenvalue weighted by atomic mass is 10.0. The van der Waals surface area contributed by atoms with E-state index in [1.165, 1.54) is 24.8 Å². The molecule has 1 rings (SSSR count). The Labute approximate surface area is 85.2 Å². The molecule has 0 radical (unpaired) electrons. The average Bonchev–Trinajstić information content (AvgIpc) is 2.57. The van der Waals surface area contributed by atoms with E-state index in [1.807, 2.05) is 7.05 Å². The molecule has 0 amide bonds. The fraction of sp³-hybridized carbons (Fsp3) is 0.636. The van der Waals surface area contributed by atoms with Crippen molar-refractivity contribution in [3.8, 4) is 0 Å². The van der Waals surface area contributed by atoms with E-state index in [-0.39, 0.29) is 0 Å². The first-order valence-corrected chi connectivity index (χ1v) is 5.93. The molecule has 0 aliphatic carbocycles. The van der Waals surface area contributed by atoms with Gasteiger partial charge in [0.25, 0.3) is 0 Å². The standard InChI is InChI=1S/C11H19NS/c1-10(8-12-2)4-3-5-11-6-7-13-9-11/h6-7,9-10,12H,3-5,8H2,1-2H3. The molecule has 0 aromatic carbocycles. The predicted octanol–water partition coefficient (Wildman–Crippen LogP) is 2.93. The molecule has 0 saturated heterocycles. The van der Waals surface area contributed by atoms with Gasteiger partial charge >= 0.3 is 0 Å². The van der Waals surface area contributed by atoms with Crippen LogP contribution in [0.5, 0.6) is 0 Å².